The standard InChI is InChI=1S/C13H19N3O4/c1-14-6-12(19)16(13(14)20)7-11(18)15-4-8-2-3-10(17)9(8)5-15/h8-10,17H,2-7H2,1H3. The minimum atomic E-state index is -0.414. The summed E-state index contributed by atoms with van der Waals surface area (Å²) in [6.07, 6.45) is 1.43. The number of likely N-dealkylation sites (tertiary alicyclic amines) is 1. The van der Waals surface area contributed by atoms with Crippen LogP contribution in [0.5, 0.6) is 0 Å². The van der Waals surface area contributed by atoms with E-state index in [9.17, 15) is 19.5 Å². The summed E-state index contributed by atoms with van der Waals surface area (Å²) in [6.45, 7) is 1.02. The van der Waals surface area contributed by atoms with Crippen molar-refractivity contribution >= 4 is 17.8 Å². The molecule has 3 unspecified atom stereocenters. The highest BCUT2D eigenvalue weighted by atomic mass is 16.3. The predicted octanol–water partition coefficient (Wildman–Crippen LogP) is -0.890. The molecule has 7 nitrogen and oxygen atoms in total. The number of rotatable bonds is 2. The first-order valence-electron chi connectivity index (χ1n) is 6.98. The lowest BCUT2D eigenvalue weighted by Gasteiger charge is -2.21. The molecule has 20 heavy (non-hydrogen) atoms. The molecule has 0 bridgehead atoms. The van der Waals surface area contributed by atoms with E-state index in [1.54, 1.807) is 11.9 Å². The molecule has 2 heterocycles. The van der Waals surface area contributed by atoms with Gasteiger partial charge < -0.3 is 14.9 Å². The van der Waals surface area contributed by atoms with Crippen molar-refractivity contribution in [1.82, 2.24) is 14.7 Å². The number of hydrogen-bond acceptors (Lipinski definition) is 4. The molecule has 0 spiro atoms. The van der Waals surface area contributed by atoms with Gasteiger partial charge in [-0.05, 0) is 18.8 Å². The maximum Gasteiger partial charge on any atom is 0.327 e. The third-order valence-corrected chi connectivity index (χ3v) is 4.70. The molecule has 0 aromatic rings. The van der Waals surface area contributed by atoms with Gasteiger partial charge in [-0.2, -0.15) is 0 Å². The molecule has 0 aromatic heterocycles. The molecular weight excluding hydrogens is 262 g/mol. The molecule has 110 valence electrons. The Morgan fingerprint density at radius 2 is 2.05 bits per heavy atom. The molecule has 0 aromatic carbocycles. The van der Waals surface area contributed by atoms with Gasteiger partial charge in [-0.25, -0.2) is 4.79 Å². The third kappa shape index (κ3) is 2.06. The average Bonchev–Trinajstić information content (AvgIpc) is 3.02. The van der Waals surface area contributed by atoms with Gasteiger partial charge in [-0.3, -0.25) is 14.5 Å². The monoisotopic (exact) mass is 281 g/mol. The summed E-state index contributed by atoms with van der Waals surface area (Å²) in [5.41, 5.74) is 0. The fourth-order valence-corrected chi connectivity index (χ4v) is 3.50. The second kappa shape index (κ2) is 4.73. The molecule has 0 radical (unpaired) electrons. The number of nitrogens with zero attached hydrogens (tertiary/aromatic N) is 3. The summed E-state index contributed by atoms with van der Waals surface area (Å²) < 4.78 is 0. The molecule has 3 fully saturated rings. The SMILES string of the molecule is CN1CC(=O)N(CC(=O)N2CC3CCC(O)C3C2)C1=O. The summed E-state index contributed by atoms with van der Waals surface area (Å²) in [4.78, 5) is 39.6. The van der Waals surface area contributed by atoms with Crippen LogP contribution in [0.25, 0.3) is 0 Å². The molecule has 3 atom stereocenters. The molecule has 7 heteroatoms. The highest BCUT2D eigenvalue weighted by Crippen LogP contribution is 2.38. The zero-order chi connectivity index (χ0) is 14.4. The highest BCUT2D eigenvalue weighted by molar-refractivity contribution is 6.04. The van der Waals surface area contributed by atoms with Crippen LogP contribution < -0.4 is 0 Å². The largest absolute Gasteiger partial charge is 0.393 e. The Labute approximate surface area is 117 Å². The van der Waals surface area contributed by atoms with E-state index in [0.717, 1.165) is 17.7 Å². The van der Waals surface area contributed by atoms with Gasteiger partial charge in [0, 0.05) is 26.1 Å². The summed E-state index contributed by atoms with van der Waals surface area (Å²) in [5.74, 6) is -0.0120. The van der Waals surface area contributed by atoms with E-state index in [4.69, 9.17) is 0 Å². The molecule has 1 saturated carbocycles. The number of likely N-dealkylation sites (N-methyl/N-ethyl adjacent to an activating group) is 1. The zero-order valence-electron chi connectivity index (χ0n) is 11.5. The molecule has 4 amide bonds. The molecule has 3 rings (SSSR count). The number of aliphatic hydroxyl groups excluding tert-OH is 1. The smallest absolute Gasteiger partial charge is 0.327 e. The lowest BCUT2D eigenvalue weighted by Crippen LogP contribution is -2.43. The Morgan fingerprint density at radius 1 is 1.30 bits per heavy atom. The first-order chi connectivity index (χ1) is 9.47. The summed E-state index contributed by atoms with van der Waals surface area (Å²) >= 11 is 0. The fourth-order valence-electron chi connectivity index (χ4n) is 3.50. The minimum Gasteiger partial charge on any atom is -0.393 e. The zero-order valence-corrected chi connectivity index (χ0v) is 11.5. The van der Waals surface area contributed by atoms with Crippen LogP contribution in [-0.2, 0) is 9.59 Å². The van der Waals surface area contributed by atoms with Crippen LogP contribution in [0.1, 0.15) is 12.8 Å². The van der Waals surface area contributed by atoms with Crippen LogP contribution >= 0.6 is 0 Å². The molecular formula is C13H19N3O4. The van der Waals surface area contributed by atoms with Gasteiger partial charge in [-0.15, -0.1) is 0 Å². The Morgan fingerprint density at radius 3 is 2.65 bits per heavy atom. The summed E-state index contributed by atoms with van der Waals surface area (Å²) in [7, 11) is 1.54. The van der Waals surface area contributed by atoms with Crippen LogP contribution in [-0.4, -0.2) is 77.0 Å². The third-order valence-electron chi connectivity index (χ3n) is 4.70. The topological polar surface area (TPSA) is 81.2 Å². The van der Waals surface area contributed by atoms with Crippen LogP contribution in [0.3, 0.4) is 0 Å². The number of amides is 4. The average molecular weight is 281 g/mol. The minimum absolute atomic E-state index is 0.0378. The molecule has 2 aliphatic heterocycles. The Kier molecular flexibility index (Phi) is 3.16. The van der Waals surface area contributed by atoms with Crippen molar-refractivity contribution in [2.24, 2.45) is 11.8 Å². The molecule has 2 saturated heterocycles. The van der Waals surface area contributed by atoms with Crippen molar-refractivity contribution in [2.75, 3.05) is 33.2 Å². The van der Waals surface area contributed by atoms with Gasteiger partial charge in [-0.1, -0.05) is 0 Å². The quantitative estimate of drug-likeness (QED) is 0.666. The predicted molar refractivity (Wildman–Crippen MR) is 68.5 cm³/mol. The lowest BCUT2D eigenvalue weighted by molar-refractivity contribution is -0.136. The van der Waals surface area contributed by atoms with Crippen molar-refractivity contribution in [2.45, 2.75) is 18.9 Å². The highest BCUT2D eigenvalue weighted by Gasteiger charge is 2.44. The van der Waals surface area contributed by atoms with Gasteiger partial charge in [0.1, 0.15) is 13.1 Å². The Balaban J connectivity index is 1.61. The Hall–Kier alpha value is -1.63. The number of hydrogen-bond donors (Lipinski definition) is 1. The van der Waals surface area contributed by atoms with Gasteiger partial charge >= 0.3 is 6.03 Å². The van der Waals surface area contributed by atoms with E-state index in [0.29, 0.717) is 19.0 Å². The van der Waals surface area contributed by atoms with Crippen LogP contribution in [0.2, 0.25) is 0 Å². The van der Waals surface area contributed by atoms with Crippen molar-refractivity contribution in [1.29, 1.82) is 0 Å². The van der Waals surface area contributed by atoms with Gasteiger partial charge in [0.25, 0.3) is 5.91 Å². The van der Waals surface area contributed by atoms with E-state index >= 15 is 0 Å². The second-order valence-corrected chi connectivity index (χ2v) is 5.99. The maximum absolute atomic E-state index is 12.2. The van der Waals surface area contributed by atoms with Crippen molar-refractivity contribution in [3.63, 3.8) is 0 Å². The molecule has 1 N–H and O–H groups in total. The molecule has 1 aliphatic carbocycles. The number of imide groups is 1. The van der Waals surface area contributed by atoms with E-state index in [1.807, 2.05) is 0 Å². The van der Waals surface area contributed by atoms with E-state index < -0.39 is 6.03 Å². The first-order valence-corrected chi connectivity index (χ1v) is 6.98. The second-order valence-electron chi connectivity index (χ2n) is 5.99. The van der Waals surface area contributed by atoms with E-state index in [1.165, 1.54) is 4.90 Å². The fraction of sp³-hybridized carbons (Fsp3) is 0.769. The van der Waals surface area contributed by atoms with Gasteiger partial charge in [0.15, 0.2) is 0 Å². The normalized spacial score (nSPS) is 33.3. The van der Waals surface area contributed by atoms with E-state index in [2.05, 4.69) is 0 Å². The number of carbonyl (C=O) groups is 3. The van der Waals surface area contributed by atoms with Crippen molar-refractivity contribution in [3.8, 4) is 0 Å². The lowest BCUT2D eigenvalue weighted by atomic mass is 10.00. The van der Waals surface area contributed by atoms with Gasteiger partial charge in [0.2, 0.25) is 5.91 Å². The number of carbonyl (C=O) groups excluding carboxylic acids is 3. The van der Waals surface area contributed by atoms with Crippen molar-refractivity contribution < 1.29 is 19.5 Å². The van der Waals surface area contributed by atoms with Gasteiger partial charge in [0.05, 0.1) is 6.10 Å². The number of fused-ring (bicyclic) bond motifs is 1. The van der Waals surface area contributed by atoms with Crippen LogP contribution in [0, 0.1) is 11.8 Å². The number of urea groups is 1. The molecule has 3 aliphatic rings. The van der Waals surface area contributed by atoms with E-state index in [-0.39, 0.29) is 36.9 Å². The van der Waals surface area contributed by atoms with Crippen LogP contribution in [0.4, 0.5) is 4.79 Å². The summed E-state index contributed by atoms with van der Waals surface area (Å²) in [6, 6.07) is -0.414. The van der Waals surface area contributed by atoms with Crippen molar-refractivity contribution in [3.05, 3.63) is 0 Å². The number of aliphatic hydroxyl groups is 1. The summed E-state index contributed by atoms with van der Waals surface area (Å²) in [5, 5.41) is 9.84. The Bertz CT molecular complexity index is 467. The van der Waals surface area contributed by atoms with Crippen LogP contribution in [0.15, 0.2) is 0 Å². The maximum atomic E-state index is 12.2. The first kappa shape index (κ1) is 13.4.